The van der Waals surface area contributed by atoms with Crippen molar-refractivity contribution in [2.45, 2.75) is 19.3 Å². The van der Waals surface area contributed by atoms with Gasteiger partial charge >= 0.3 is 0 Å². The minimum Gasteiger partial charge on any atom is -0.339 e. The normalized spacial score (nSPS) is 15.7. The molecule has 0 bridgehead atoms. The fraction of sp³-hybridized carbons (Fsp3) is 0.333. The molecule has 1 aromatic heterocycles. The molecule has 0 N–H and O–H groups in total. The number of carbonyl (C=O) groups is 1. The summed E-state index contributed by atoms with van der Waals surface area (Å²) in [6, 6.07) is 7.62. The van der Waals surface area contributed by atoms with Crippen molar-refractivity contribution in [3.63, 3.8) is 0 Å². The minimum absolute atomic E-state index is 0.00273. The number of hydrogen-bond donors (Lipinski definition) is 0. The van der Waals surface area contributed by atoms with E-state index >= 15 is 0 Å². The highest BCUT2D eigenvalue weighted by molar-refractivity contribution is 6.38. The molecule has 98 valence electrons. The molecule has 2 aromatic rings. The van der Waals surface area contributed by atoms with Gasteiger partial charge in [-0.15, -0.1) is 0 Å². The van der Waals surface area contributed by atoms with Gasteiger partial charge in [0.25, 0.3) is 5.91 Å². The zero-order valence-corrected chi connectivity index (χ0v) is 11.4. The number of carbonyl (C=O) groups excluding carboxylic acids is 1. The number of fused-ring (bicyclic) bond motifs is 1. The number of nitrogens with zero attached hydrogens (tertiary/aromatic N) is 2. The van der Waals surface area contributed by atoms with Crippen molar-refractivity contribution in [2.24, 2.45) is 0 Å². The highest BCUT2D eigenvalue weighted by Gasteiger charge is 2.21. The van der Waals surface area contributed by atoms with Crippen LogP contribution in [-0.4, -0.2) is 28.9 Å². The van der Waals surface area contributed by atoms with Crippen molar-refractivity contribution < 1.29 is 4.79 Å². The van der Waals surface area contributed by atoms with E-state index in [0.29, 0.717) is 10.6 Å². The van der Waals surface area contributed by atoms with Crippen LogP contribution in [0.25, 0.3) is 10.9 Å². The summed E-state index contributed by atoms with van der Waals surface area (Å²) in [4.78, 5) is 18.7. The van der Waals surface area contributed by atoms with Crippen LogP contribution in [0.4, 0.5) is 0 Å². The first-order chi connectivity index (χ1) is 9.27. The third kappa shape index (κ3) is 2.30. The van der Waals surface area contributed by atoms with Crippen molar-refractivity contribution in [3.8, 4) is 0 Å². The van der Waals surface area contributed by atoms with Crippen LogP contribution in [0, 0.1) is 0 Å². The highest BCUT2D eigenvalue weighted by Crippen LogP contribution is 2.27. The number of amides is 1. The molecular weight excluding hydrogens is 260 g/mol. The molecule has 0 unspecified atom stereocenters. The first kappa shape index (κ1) is 12.4. The van der Waals surface area contributed by atoms with Gasteiger partial charge in [-0.2, -0.15) is 0 Å². The molecule has 0 aliphatic carbocycles. The van der Waals surface area contributed by atoms with E-state index in [0.717, 1.165) is 36.8 Å². The van der Waals surface area contributed by atoms with Crippen molar-refractivity contribution >= 4 is 28.4 Å². The van der Waals surface area contributed by atoms with Gasteiger partial charge in [0.15, 0.2) is 0 Å². The minimum atomic E-state index is 0.00273. The molecule has 3 nitrogen and oxygen atoms in total. The first-order valence-corrected chi connectivity index (χ1v) is 6.97. The number of halogens is 1. The van der Waals surface area contributed by atoms with Gasteiger partial charge < -0.3 is 4.90 Å². The van der Waals surface area contributed by atoms with E-state index in [1.165, 1.54) is 6.42 Å². The topological polar surface area (TPSA) is 33.2 Å². The van der Waals surface area contributed by atoms with Crippen LogP contribution in [0.3, 0.4) is 0 Å². The third-order valence-electron chi connectivity index (χ3n) is 3.58. The first-order valence-electron chi connectivity index (χ1n) is 6.60. The van der Waals surface area contributed by atoms with E-state index in [1.807, 2.05) is 29.2 Å². The number of para-hydroxylation sites is 1. The Morgan fingerprint density at radius 2 is 1.89 bits per heavy atom. The molecule has 1 aliphatic heterocycles. The molecule has 0 spiro atoms. The van der Waals surface area contributed by atoms with Crippen molar-refractivity contribution in [1.82, 2.24) is 9.88 Å². The van der Waals surface area contributed by atoms with Crippen LogP contribution in [0.2, 0.25) is 5.02 Å². The largest absolute Gasteiger partial charge is 0.339 e. The number of hydrogen-bond acceptors (Lipinski definition) is 2. The van der Waals surface area contributed by atoms with Crippen LogP contribution < -0.4 is 0 Å². The molecule has 0 atom stereocenters. The molecule has 4 heteroatoms. The summed E-state index contributed by atoms with van der Waals surface area (Å²) in [6.07, 6.45) is 4.95. The fourth-order valence-electron chi connectivity index (χ4n) is 2.52. The summed E-state index contributed by atoms with van der Waals surface area (Å²) >= 11 is 6.37. The van der Waals surface area contributed by atoms with E-state index in [1.54, 1.807) is 6.20 Å². The van der Waals surface area contributed by atoms with Gasteiger partial charge in [-0.05, 0) is 25.3 Å². The summed E-state index contributed by atoms with van der Waals surface area (Å²) in [5.74, 6) is 0.00273. The molecule has 1 fully saturated rings. The Hall–Kier alpha value is -1.61. The second kappa shape index (κ2) is 5.17. The Labute approximate surface area is 117 Å². The van der Waals surface area contributed by atoms with Gasteiger partial charge in [0.1, 0.15) is 0 Å². The lowest BCUT2D eigenvalue weighted by molar-refractivity contribution is 0.0724. The Bertz CT molecular complexity index is 621. The lowest BCUT2D eigenvalue weighted by atomic mass is 10.1. The summed E-state index contributed by atoms with van der Waals surface area (Å²) < 4.78 is 0. The predicted octanol–water partition coefficient (Wildman–Crippen LogP) is 3.51. The zero-order valence-electron chi connectivity index (χ0n) is 10.6. The number of pyridine rings is 1. The fourth-order valence-corrected chi connectivity index (χ4v) is 2.81. The molecule has 2 heterocycles. The molecule has 0 radical (unpaired) electrons. The number of rotatable bonds is 1. The van der Waals surface area contributed by atoms with E-state index in [2.05, 4.69) is 4.98 Å². The van der Waals surface area contributed by atoms with Crippen LogP contribution in [0.1, 0.15) is 29.6 Å². The van der Waals surface area contributed by atoms with E-state index < -0.39 is 0 Å². The summed E-state index contributed by atoms with van der Waals surface area (Å²) in [7, 11) is 0. The SMILES string of the molecule is O=C(c1cnc2ccccc2c1Cl)N1CCCCC1. The summed E-state index contributed by atoms with van der Waals surface area (Å²) in [5.41, 5.74) is 1.34. The highest BCUT2D eigenvalue weighted by atomic mass is 35.5. The molecular formula is C15H15ClN2O. The quantitative estimate of drug-likeness (QED) is 0.797. The number of piperidine rings is 1. The van der Waals surface area contributed by atoms with Crippen molar-refractivity contribution in [3.05, 3.63) is 41.0 Å². The lowest BCUT2D eigenvalue weighted by Crippen LogP contribution is -2.35. The van der Waals surface area contributed by atoms with Crippen LogP contribution in [0.15, 0.2) is 30.5 Å². The van der Waals surface area contributed by atoms with Crippen LogP contribution in [-0.2, 0) is 0 Å². The van der Waals surface area contributed by atoms with Gasteiger partial charge in [0, 0.05) is 24.7 Å². The number of aromatic nitrogens is 1. The summed E-state index contributed by atoms with van der Waals surface area (Å²) in [5, 5.41) is 1.35. The Balaban J connectivity index is 2.00. The number of likely N-dealkylation sites (tertiary alicyclic amines) is 1. The average molecular weight is 275 g/mol. The Morgan fingerprint density at radius 3 is 2.68 bits per heavy atom. The maximum Gasteiger partial charge on any atom is 0.256 e. The monoisotopic (exact) mass is 274 g/mol. The second-order valence-electron chi connectivity index (χ2n) is 4.86. The lowest BCUT2D eigenvalue weighted by Gasteiger charge is -2.27. The van der Waals surface area contributed by atoms with E-state index in [4.69, 9.17) is 11.6 Å². The molecule has 19 heavy (non-hydrogen) atoms. The maximum atomic E-state index is 12.5. The second-order valence-corrected chi connectivity index (χ2v) is 5.23. The molecule has 3 rings (SSSR count). The van der Waals surface area contributed by atoms with Gasteiger partial charge in [-0.3, -0.25) is 9.78 Å². The standard InChI is InChI=1S/C15H15ClN2O/c16-14-11-6-2-3-7-13(11)17-10-12(14)15(19)18-8-4-1-5-9-18/h2-3,6-7,10H,1,4-5,8-9H2. The molecule has 0 saturated carbocycles. The third-order valence-corrected chi connectivity index (χ3v) is 3.99. The van der Waals surface area contributed by atoms with E-state index in [-0.39, 0.29) is 5.91 Å². The molecule has 1 aromatic carbocycles. The predicted molar refractivity (Wildman–Crippen MR) is 76.5 cm³/mol. The Morgan fingerprint density at radius 1 is 1.16 bits per heavy atom. The number of benzene rings is 1. The molecule has 1 saturated heterocycles. The zero-order chi connectivity index (χ0) is 13.2. The van der Waals surface area contributed by atoms with Gasteiger partial charge in [-0.1, -0.05) is 29.8 Å². The van der Waals surface area contributed by atoms with Gasteiger partial charge in [0.05, 0.1) is 16.1 Å². The van der Waals surface area contributed by atoms with Gasteiger partial charge in [0.2, 0.25) is 0 Å². The van der Waals surface area contributed by atoms with Crippen LogP contribution in [0.5, 0.6) is 0 Å². The maximum absolute atomic E-state index is 12.5. The average Bonchev–Trinajstić information content (AvgIpc) is 2.48. The Kier molecular flexibility index (Phi) is 3.38. The van der Waals surface area contributed by atoms with E-state index in [9.17, 15) is 4.79 Å². The van der Waals surface area contributed by atoms with Crippen LogP contribution >= 0.6 is 11.6 Å². The van der Waals surface area contributed by atoms with Gasteiger partial charge in [-0.25, -0.2) is 0 Å². The summed E-state index contributed by atoms with van der Waals surface area (Å²) in [6.45, 7) is 1.64. The van der Waals surface area contributed by atoms with Crippen molar-refractivity contribution in [1.29, 1.82) is 0 Å². The smallest absolute Gasteiger partial charge is 0.256 e. The molecule has 1 aliphatic rings. The molecule has 1 amide bonds. The van der Waals surface area contributed by atoms with Crippen molar-refractivity contribution in [2.75, 3.05) is 13.1 Å².